The molecule has 1 aromatic carbocycles. The van der Waals surface area contributed by atoms with Crippen molar-refractivity contribution in [1.82, 2.24) is 0 Å². The lowest BCUT2D eigenvalue weighted by Gasteiger charge is -2.06. The number of rotatable bonds is 13. The molecule has 5 heteroatoms. The molecule has 0 aliphatic rings. The first-order valence-corrected chi connectivity index (χ1v) is 8.68. The number of esters is 1. The molecule has 0 fully saturated rings. The summed E-state index contributed by atoms with van der Waals surface area (Å²) in [5.41, 5.74) is 0.523. The predicted molar refractivity (Wildman–Crippen MR) is 91.1 cm³/mol. The fraction of sp³-hybridized carbons (Fsp3) is 0.632. The van der Waals surface area contributed by atoms with Crippen molar-refractivity contribution in [2.75, 3.05) is 20.4 Å². The Labute approximate surface area is 143 Å². The number of methoxy groups -OCH3 is 1. The SMILES string of the molecule is COc1ccc(C(=O)OCCCCCCCCC[C@H](F)CF)cc1. The van der Waals surface area contributed by atoms with Crippen molar-refractivity contribution in [2.24, 2.45) is 0 Å². The highest BCUT2D eigenvalue weighted by Crippen LogP contribution is 2.13. The van der Waals surface area contributed by atoms with E-state index in [-0.39, 0.29) is 5.97 Å². The second kappa shape index (κ2) is 12.7. The zero-order valence-corrected chi connectivity index (χ0v) is 14.4. The van der Waals surface area contributed by atoms with Crippen LogP contribution in [-0.4, -0.2) is 32.5 Å². The van der Waals surface area contributed by atoms with Gasteiger partial charge in [-0.05, 0) is 37.1 Å². The zero-order valence-electron chi connectivity index (χ0n) is 14.4. The maximum absolute atomic E-state index is 12.6. The smallest absolute Gasteiger partial charge is 0.338 e. The minimum atomic E-state index is -1.29. The Morgan fingerprint density at radius 2 is 1.58 bits per heavy atom. The van der Waals surface area contributed by atoms with Crippen LogP contribution in [0.25, 0.3) is 0 Å². The first kappa shape index (κ1) is 20.4. The Bertz CT molecular complexity index is 448. The first-order valence-electron chi connectivity index (χ1n) is 8.68. The van der Waals surface area contributed by atoms with Gasteiger partial charge in [0.05, 0.1) is 19.3 Å². The molecule has 1 rings (SSSR count). The fourth-order valence-electron chi connectivity index (χ4n) is 2.40. The number of ether oxygens (including phenoxy) is 2. The molecule has 0 saturated heterocycles. The van der Waals surface area contributed by atoms with E-state index in [0.717, 1.165) is 44.9 Å². The highest BCUT2D eigenvalue weighted by Gasteiger charge is 2.07. The van der Waals surface area contributed by atoms with Crippen molar-refractivity contribution in [3.8, 4) is 5.75 Å². The highest BCUT2D eigenvalue weighted by atomic mass is 19.2. The molecule has 1 aromatic rings. The monoisotopic (exact) mass is 342 g/mol. The Kier molecular flexibility index (Phi) is 10.8. The molecular formula is C19H28F2O3. The van der Waals surface area contributed by atoms with Crippen LogP contribution >= 0.6 is 0 Å². The molecule has 0 aromatic heterocycles. The molecule has 0 amide bonds. The summed E-state index contributed by atoms with van der Waals surface area (Å²) in [5, 5.41) is 0. The highest BCUT2D eigenvalue weighted by molar-refractivity contribution is 5.89. The number of halogens is 2. The third kappa shape index (κ3) is 8.85. The number of alkyl halides is 2. The van der Waals surface area contributed by atoms with Crippen molar-refractivity contribution in [3.05, 3.63) is 29.8 Å². The Morgan fingerprint density at radius 1 is 1.00 bits per heavy atom. The number of benzene rings is 1. The maximum Gasteiger partial charge on any atom is 0.338 e. The van der Waals surface area contributed by atoms with Crippen LogP contribution in [0.1, 0.15) is 61.7 Å². The number of unbranched alkanes of at least 4 members (excludes halogenated alkanes) is 6. The summed E-state index contributed by atoms with van der Waals surface area (Å²) in [6.45, 7) is -0.444. The number of carbonyl (C=O) groups excluding carboxylic acids is 1. The lowest BCUT2D eigenvalue weighted by molar-refractivity contribution is 0.0497. The van der Waals surface area contributed by atoms with Crippen LogP contribution < -0.4 is 4.74 Å². The van der Waals surface area contributed by atoms with Gasteiger partial charge in [0.25, 0.3) is 0 Å². The molecule has 0 saturated carbocycles. The van der Waals surface area contributed by atoms with Crippen LogP contribution in [0.15, 0.2) is 24.3 Å². The van der Waals surface area contributed by atoms with Gasteiger partial charge >= 0.3 is 5.97 Å². The summed E-state index contributed by atoms with van der Waals surface area (Å²) in [5.74, 6) is 0.393. The van der Waals surface area contributed by atoms with Gasteiger partial charge in [-0.3, -0.25) is 0 Å². The number of carbonyl (C=O) groups is 1. The van der Waals surface area contributed by atoms with Gasteiger partial charge in [-0.25, -0.2) is 13.6 Å². The van der Waals surface area contributed by atoms with Crippen LogP contribution in [0.5, 0.6) is 5.75 Å². The molecule has 0 spiro atoms. The van der Waals surface area contributed by atoms with Gasteiger partial charge in [-0.1, -0.05) is 38.5 Å². The average Bonchev–Trinajstić information content (AvgIpc) is 2.62. The fourth-order valence-corrected chi connectivity index (χ4v) is 2.40. The van der Waals surface area contributed by atoms with Crippen LogP contribution in [0.4, 0.5) is 8.78 Å². The standard InChI is InChI=1S/C19H28F2O3/c1-23-18-12-10-16(11-13-18)19(22)24-14-8-6-4-2-3-5-7-9-17(21)15-20/h10-13,17H,2-9,14-15H2,1H3/t17-/m0/s1. The second-order valence-corrected chi connectivity index (χ2v) is 5.88. The number of hydrogen-bond donors (Lipinski definition) is 0. The first-order chi connectivity index (χ1) is 11.7. The molecule has 3 nitrogen and oxygen atoms in total. The van der Waals surface area contributed by atoms with Gasteiger partial charge in [0.1, 0.15) is 18.6 Å². The van der Waals surface area contributed by atoms with Crippen LogP contribution in [0, 0.1) is 0 Å². The van der Waals surface area contributed by atoms with Gasteiger partial charge in [0.15, 0.2) is 0 Å². The molecule has 0 radical (unpaired) electrons. The van der Waals surface area contributed by atoms with Gasteiger partial charge in [0.2, 0.25) is 0 Å². The second-order valence-electron chi connectivity index (χ2n) is 5.88. The normalized spacial score (nSPS) is 12.0. The zero-order chi connectivity index (χ0) is 17.6. The van der Waals surface area contributed by atoms with E-state index in [9.17, 15) is 13.6 Å². The van der Waals surface area contributed by atoms with Crippen molar-refractivity contribution >= 4 is 5.97 Å². The molecule has 0 aliphatic carbocycles. The van der Waals surface area contributed by atoms with Gasteiger partial charge in [0, 0.05) is 0 Å². The molecule has 0 unspecified atom stereocenters. The summed E-state index contributed by atoms with van der Waals surface area (Å²) in [7, 11) is 1.58. The molecule has 0 aliphatic heterocycles. The topological polar surface area (TPSA) is 35.5 Å². The summed E-state index contributed by atoms with van der Waals surface area (Å²) in [4.78, 5) is 11.8. The van der Waals surface area contributed by atoms with Crippen LogP contribution in [0.2, 0.25) is 0 Å². The molecular weight excluding hydrogens is 314 g/mol. The summed E-state index contributed by atoms with van der Waals surface area (Å²) >= 11 is 0. The van der Waals surface area contributed by atoms with Crippen LogP contribution in [0.3, 0.4) is 0 Å². The summed E-state index contributed by atoms with van der Waals surface area (Å²) < 4.78 is 34.8. The summed E-state index contributed by atoms with van der Waals surface area (Å²) in [6, 6.07) is 6.84. The lowest BCUT2D eigenvalue weighted by atomic mass is 10.1. The van der Waals surface area contributed by atoms with E-state index < -0.39 is 12.8 Å². The van der Waals surface area contributed by atoms with Crippen molar-refractivity contribution in [3.63, 3.8) is 0 Å². The quantitative estimate of drug-likeness (QED) is 0.361. The van der Waals surface area contributed by atoms with E-state index >= 15 is 0 Å². The van der Waals surface area contributed by atoms with Gasteiger partial charge in [-0.2, -0.15) is 0 Å². The van der Waals surface area contributed by atoms with Gasteiger partial charge in [-0.15, -0.1) is 0 Å². The van der Waals surface area contributed by atoms with E-state index in [2.05, 4.69) is 0 Å². The molecule has 1 atom stereocenters. The van der Waals surface area contributed by atoms with E-state index in [4.69, 9.17) is 9.47 Å². The average molecular weight is 342 g/mol. The largest absolute Gasteiger partial charge is 0.497 e. The molecule has 136 valence electrons. The third-order valence-corrected chi connectivity index (χ3v) is 3.89. The minimum absolute atomic E-state index is 0.314. The molecule has 0 heterocycles. The number of hydrogen-bond acceptors (Lipinski definition) is 3. The van der Waals surface area contributed by atoms with E-state index in [1.165, 1.54) is 0 Å². The molecule has 0 N–H and O–H groups in total. The third-order valence-electron chi connectivity index (χ3n) is 3.89. The van der Waals surface area contributed by atoms with E-state index in [1.54, 1.807) is 31.4 Å². The maximum atomic E-state index is 12.6. The lowest BCUT2D eigenvalue weighted by Crippen LogP contribution is -2.06. The van der Waals surface area contributed by atoms with Crippen molar-refractivity contribution in [1.29, 1.82) is 0 Å². The van der Waals surface area contributed by atoms with E-state index in [0.29, 0.717) is 24.3 Å². The summed E-state index contributed by atoms with van der Waals surface area (Å²) in [6.07, 6.45) is 5.80. The Hall–Kier alpha value is -1.65. The minimum Gasteiger partial charge on any atom is -0.497 e. The van der Waals surface area contributed by atoms with Crippen molar-refractivity contribution < 1.29 is 23.0 Å². The van der Waals surface area contributed by atoms with Crippen LogP contribution in [-0.2, 0) is 4.74 Å². The molecule has 0 bridgehead atoms. The van der Waals surface area contributed by atoms with E-state index in [1.807, 2.05) is 0 Å². The molecule has 24 heavy (non-hydrogen) atoms. The van der Waals surface area contributed by atoms with Gasteiger partial charge < -0.3 is 9.47 Å². The Balaban J connectivity index is 1.97. The predicted octanol–water partition coefficient (Wildman–Crippen LogP) is 5.28. The van der Waals surface area contributed by atoms with Crippen molar-refractivity contribution in [2.45, 2.75) is 57.5 Å². The Morgan fingerprint density at radius 3 is 2.17 bits per heavy atom.